The van der Waals surface area contributed by atoms with Crippen molar-refractivity contribution in [1.29, 1.82) is 0 Å². The molecule has 1 aliphatic heterocycles. The maximum atomic E-state index is 13.8. The minimum Gasteiger partial charge on any atom is -0.365 e. The van der Waals surface area contributed by atoms with E-state index in [1.54, 1.807) is 0 Å². The molecule has 0 aliphatic carbocycles. The van der Waals surface area contributed by atoms with E-state index in [1.807, 2.05) is 4.90 Å². The molecule has 0 saturated carbocycles. The van der Waals surface area contributed by atoms with E-state index in [4.69, 9.17) is 0 Å². The van der Waals surface area contributed by atoms with Gasteiger partial charge in [0.25, 0.3) is 0 Å². The number of hydrogen-bond acceptors (Lipinski definition) is 2. The number of benzene rings is 1. The second-order valence-corrected chi connectivity index (χ2v) is 5.19. The third kappa shape index (κ3) is 2.64. The number of rotatable bonds is 2. The lowest BCUT2D eigenvalue weighted by molar-refractivity contribution is 0.365. The van der Waals surface area contributed by atoms with Gasteiger partial charge in [0.1, 0.15) is 17.3 Å². The average Bonchev–Trinajstić information content (AvgIpc) is 2.52. The zero-order chi connectivity index (χ0) is 13.2. The zero-order valence-electron chi connectivity index (χ0n) is 11.0. The van der Waals surface area contributed by atoms with Crippen molar-refractivity contribution in [2.75, 3.05) is 24.5 Å². The van der Waals surface area contributed by atoms with E-state index in [1.165, 1.54) is 18.2 Å². The number of hydrogen-bond donors (Lipinski definition) is 1. The zero-order valence-corrected chi connectivity index (χ0v) is 11.0. The van der Waals surface area contributed by atoms with Crippen LogP contribution in [0, 0.1) is 11.6 Å². The summed E-state index contributed by atoms with van der Waals surface area (Å²) in [5, 5.41) is 3.46. The van der Waals surface area contributed by atoms with E-state index in [-0.39, 0.29) is 11.2 Å². The fourth-order valence-corrected chi connectivity index (χ4v) is 2.44. The van der Waals surface area contributed by atoms with Gasteiger partial charge in [-0.15, -0.1) is 0 Å². The topological polar surface area (TPSA) is 15.3 Å². The molecule has 0 bridgehead atoms. The highest BCUT2D eigenvalue weighted by atomic mass is 19.1. The molecule has 1 unspecified atom stereocenters. The number of para-hydroxylation sites is 1. The highest BCUT2D eigenvalue weighted by Gasteiger charge is 2.29. The van der Waals surface area contributed by atoms with Gasteiger partial charge in [-0.3, -0.25) is 0 Å². The van der Waals surface area contributed by atoms with Crippen LogP contribution in [-0.4, -0.2) is 25.2 Å². The highest BCUT2D eigenvalue weighted by molar-refractivity contribution is 5.49. The summed E-state index contributed by atoms with van der Waals surface area (Å²) in [6.45, 7) is 6.39. The van der Waals surface area contributed by atoms with Gasteiger partial charge in [-0.1, -0.05) is 13.0 Å². The molecular formula is C14H20F2N2. The largest absolute Gasteiger partial charge is 0.365 e. The Morgan fingerprint density at radius 2 is 2.00 bits per heavy atom. The fraction of sp³-hybridized carbons (Fsp3) is 0.571. The van der Waals surface area contributed by atoms with Gasteiger partial charge >= 0.3 is 0 Å². The Labute approximate surface area is 107 Å². The normalized spacial score (nSPS) is 25.0. The van der Waals surface area contributed by atoms with Crippen LogP contribution < -0.4 is 10.2 Å². The SMILES string of the molecule is CCC1(C)CN(c2c(F)cccc2F)CCCN1. The molecule has 2 nitrogen and oxygen atoms in total. The molecule has 2 rings (SSSR count). The van der Waals surface area contributed by atoms with Crippen LogP contribution in [0.5, 0.6) is 0 Å². The van der Waals surface area contributed by atoms with Crippen molar-refractivity contribution in [2.45, 2.75) is 32.2 Å². The summed E-state index contributed by atoms with van der Waals surface area (Å²) in [5.41, 5.74) is 0.0199. The van der Waals surface area contributed by atoms with Gasteiger partial charge < -0.3 is 10.2 Å². The summed E-state index contributed by atoms with van der Waals surface area (Å²) < 4.78 is 27.6. The van der Waals surface area contributed by atoms with Gasteiger partial charge in [0.05, 0.1) is 0 Å². The molecule has 0 amide bonds. The number of nitrogens with one attached hydrogen (secondary N) is 1. The fourth-order valence-electron chi connectivity index (χ4n) is 2.44. The molecule has 0 radical (unpaired) electrons. The van der Waals surface area contributed by atoms with Gasteiger partial charge in [-0.05, 0) is 38.4 Å². The molecule has 1 aliphatic rings. The molecule has 4 heteroatoms. The highest BCUT2D eigenvalue weighted by Crippen LogP contribution is 2.27. The van der Waals surface area contributed by atoms with Crippen molar-refractivity contribution in [1.82, 2.24) is 5.32 Å². The van der Waals surface area contributed by atoms with Crippen LogP contribution in [-0.2, 0) is 0 Å². The smallest absolute Gasteiger partial charge is 0.149 e. The molecule has 1 aromatic carbocycles. The Kier molecular flexibility index (Phi) is 3.85. The molecule has 1 aromatic rings. The summed E-state index contributed by atoms with van der Waals surface area (Å²) in [7, 11) is 0. The third-order valence-corrected chi connectivity index (χ3v) is 3.73. The van der Waals surface area contributed by atoms with Crippen molar-refractivity contribution >= 4 is 5.69 Å². The molecule has 1 saturated heterocycles. The van der Waals surface area contributed by atoms with Crippen LogP contribution in [0.25, 0.3) is 0 Å². The summed E-state index contributed by atoms with van der Waals surface area (Å²) in [4.78, 5) is 1.83. The second kappa shape index (κ2) is 5.22. The predicted molar refractivity (Wildman–Crippen MR) is 69.9 cm³/mol. The second-order valence-electron chi connectivity index (χ2n) is 5.19. The average molecular weight is 254 g/mol. The van der Waals surface area contributed by atoms with Crippen LogP contribution in [0.1, 0.15) is 26.7 Å². The minimum absolute atomic E-state index is 0.0920. The first-order valence-corrected chi connectivity index (χ1v) is 6.50. The molecule has 100 valence electrons. The van der Waals surface area contributed by atoms with E-state index in [0.29, 0.717) is 13.1 Å². The lowest BCUT2D eigenvalue weighted by atomic mass is 9.98. The van der Waals surface area contributed by atoms with Crippen LogP contribution in [0.15, 0.2) is 18.2 Å². The Hall–Kier alpha value is -1.16. The quantitative estimate of drug-likeness (QED) is 0.873. The molecule has 1 fully saturated rings. The summed E-state index contributed by atoms with van der Waals surface area (Å²) in [5.74, 6) is -0.953. The molecule has 0 aromatic heterocycles. The van der Waals surface area contributed by atoms with Crippen LogP contribution in [0.3, 0.4) is 0 Å². The maximum absolute atomic E-state index is 13.8. The molecule has 1 N–H and O–H groups in total. The van der Waals surface area contributed by atoms with E-state index < -0.39 is 11.6 Å². The first-order chi connectivity index (χ1) is 8.56. The lowest BCUT2D eigenvalue weighted by Gasteiger charge is -2.34. The van der Waals surface area contributed by atoms with E-state index in [2.05, 4.69) is 19.2 Å². The molecule has 18 heavy (non-hydrogen) atoms. The van der Waals surface area contributed by atoms with Gasteiger partial charge in [0, 0.05) is 18.6 Å². The molecular weight excluding hydrogens is 234 g/mol. The van der Waals surface area contributed by atoms with Crippen molar-refractivity contribution < 1.29 is 8.78 Å². The van der Waals surface area contributed by atoms with E-state index in [9.17, 15) is 8.78 Å². The van der Waals surface area contributed by atoms with Crippen molar-refractivity contribution in [3.05, 3.63) is 29.8 Å². The minimum atomic E-state index is -0.477. The van der Waals surface area contributed by atoms with Gasteiger partial charge in [0.2, 0.25) is 0 Å². The predicted octanol–water partition coefficient (Wildman–Crippen LogP) is 2.93. The van der Waals surface area contributed by atoms with Crippen LogP contribution in [0.4, 0.5) is 14.5 Å². The Morgan fingerprint density at radius 3 is 2.61 bits per heavy atom. The molecule has 1 heterocycles. The maximum Gasteiger partial charge on any atom is 0.149 e. The Morgan fingerprint density at radius 1 is 1.33 bits per heavy atom. The first kappa shape index (κ1) is 13.3. The van der Waals surface area contributed by atoms with Crippen LogP contribution in [0.2, 0.25) is 0 Å². The number of halogens is 2. The van der Waals surface area contributed by atoms with Gasteiger partial charge in [-0.25, -0.2) is 8.78 Å². The Bertz CT molecular complexity index is 402. The third-order valence-electron chi connectivity index (χ3n) is 3.73. The Balaban J connectivity index is 2.31. The standard InChI is InChI=1S/C14H20F2N2/c1-3-14(2)10-18(9-5-8-17-14)13-11(15)6-4-7-12(13)16/h4,6-7,17H,3,5,8-10H2,1-2H3. The summed E-state index contributed by atoms with van der Waals surface area (Å²) >= 11 is 0. The number of nitrogens with zero attached hydrogens (tertiary/aromatic N) is 1. The van der Waals surface area contributed by atoms with Crippen molar-refractivity contribution in [2.24, 2.45) is 0 Å². The number of anilines is 1. The first-order valence-electron chi connectivity index (χ1n) is 6.50. The van der Waals surface area contributed by atoms with E-state index >= 15 is 0 Å². The van der Waals surface area contributed by atoms with E-state index in [0.717, 1.165) is 19.4 Å². The van der Waals surface area contributed by atoms with Crippen molar-refractivity contribution in [3.63, 3.8) is 0 Å². The summed E-state index contributed by atoms with van der Waals surface area (Å²) in [6.07, 6.45) is 1.82. The molecule has 0 spiro atoms. The monoisotopic (exact) mass is 254 g/mol. The van der Waals surface area contributed by atoms with Gasteiger partial charge in [0.15, 0.2) is 0 Å². The lowest BCUT2D eigenvalue weighted by Crippen LogP contribution is -2.48. The molecule has 1 atom stereocenters. The van der Waals surface area contributed by atoms with Gasteiger partial charge in [-0.2, -0.15) is 0 Å². The van der Waals surface area contributed by atoms with Crippen LogP contribution >= 0.6 is 0 Å². The van der Waals surface area contributed by atoms with Crippen molar-refractivity contribution in [3.8, 4) is 0 Å². The summed E-state index contributed by atoms with van der Waals surface area (Å²) in [6, 6.07) is 4.04.